The van der Waals surface area contributed by atoms with Gasteiger partial charge >= 0.3 is 6.18 Å². The average molecular weight is 465 g/mol. The van der Waals surface area contributed by atoms with E-state index in [9.17, 15) is 22.0 Å². The number of fused-ring (bicyclic) bond motifs is 1. The van der Waals surface area contributed by atoms with E-state index in [1.165, 1.54) is 0 Å². The smallest absolute Gasteiger partial charge is 0.405 e. The van der Waals surface area contributed by atoms with E-state index in [4.69, 9.17) is 16.3 Å². The van der Waals surface area contributed by atoms with Gasteiger partial charge in [-0.2, -0.15) is 32.8 Å². The molecule has 2 heterocycles. The third-order valence-corrected chi connectivity index (χ3v) is 4.40. The zero-order valence-electron chi connectivity index (χ0n) is 16.5. The number of rotatable bonds is 8. The SMILES string of the molecule is CN(C)CCCOc1cc(F)c(-c2c(Cl)nc3ncnn3c2NCC(F)(F)F)c(F)c1. The Morgan fingerprint density at radius 2 is 1.84 bits per heavy atom. The maximum atomic E-state index is 14.9. The molecule has 0 aliphatic carbocycles. The predicted octanol–water partition coefficient (Wildman–Crippen LogP) is 4.03. The molecule has 31 heavy (non-hydrogen) atoms. The van der Waals surface area contributed by atoms with Gasteiger partial charge in [0.25, 0.3) is 5.78 Å². The summed E-state index contributed by atoms with van der Waals surface area (Å²) in [5.74, 6) is -2.77. The Kier molecular flexibility index (Phi) is 6.80. The molecule has 7 nitrogen and oxygen atoms in total. The fraction of sp³-hybridized carbons (Fsp3) is 0.389. The highest BCUT2D eigenvalue weighted by atomic mass is 35.5. The van der Waals surface area contributed by atoms with Crippen LogP contribution in [0.4, 0.5) is 27.8 Å². The maximum absolute atomic E-state index is 14.9. The number of nitrogens with one attached hydrogen (secondary N) is 1. The highest BCUT2D eigenvalue weighted by Crippen LogP contribution is 2.39. The van der Waals surface area contributed by atoms with Crippen molar-refractivity contribution in [3.05, 3.63) is 35.2 Å². The lowest BCUT2D eigenvalue weighted by Gasteiger charge is -2.17. The standard InChI is InChI=1S/C18H18ClF5N6O/c1-29(2)4-3-5-31-10-6-11(20)13(12(21)7-10)14-15(19)28-17-26-9-27-30(17)16(14)25-8-18(22,23)24/h6-7,9,25H,3-5,8H2,1-2H3. The number of aromatic nitrogens is 4. The second-order valence-electron chi connectivity index (χ2n) is 6.83. The van der Waals surface area contributed by atoms with Crippen molar-refractivity contribution in [1.29, 1.82) is 0 Å². The summed E-state index contributed by atoms with van der Waals surface area (Å²) in [6, 6.07) is 1.87. The van der Waals surface area contributed by atoms with Gasteiger partial charge in [0, 0.05) is 18.7 Å². The van der Waals surface area contributed by atoms with Gasteiger partial charge in [-0.25, -0.2) is 8.78 Å². The number of nitrogens with zero attached hydrogens (tertiary/aromatic N) is 5. The Morgan fingerprint density at radius 3 is 2.45 bits per heavy atom. The number of anilines is 1. The van der Waals surface area contributed by atoms with E-state index >= 15 is 0 Å². The number of alkyl halides is 3. The number of hydrogen-bond donors (Lipinski definition) is 1. The monoisotopic (exact) mass is 464 g/mol. The molecular formula is C18H18ClF5N6O. The first-order chi connectivity index (χ1) is 14.6. The Balaban J connectivity index is 2.01. The van der Waals surface area contributed by atoms with Gasteiger partial charge < -0.3 is 15.0 Å². The van der Waals surface area contributed by atoms with Crippen molar-refractivity contribution >= 4 is 23.2 Å². The van der Waals surface area contributed by atoms with Gasteiger partial charge in [0.1, 0.15) is 41.2 Å². The molecule has 0 aliphatic heterocycles. The minimum atomic E-state index is -4.61. The summed E-state index contributed by atoms with van der Waals surface area (Å²) in [5.41, 5.74) is -1.08. The van der Waals surface area contributed by atoms with E-state index in [-0.39, 0.29) is 18.1 Å². The average Bonchev–Trinajstić information content (AvgIpc) is 3.11. The molecule has 3 aromatic rings. The molecule has 0 amide bonds. The van der Waals surface area contributed by atoms with Gasteiger partial charge in [-0.15, -0.1) is 0 Å². The number of halogens is 6. The molecular weight excluding hydrogens is 447 g/mol. The molecule has 0 spiro atoms. The van der Waals surface area contributed by atoms with Crippen molar-refractivity contribution in [2.75, 3.05) is 39.1 Å². The second-order valence-corrected chi connectivity index (χ2v) is 7.19. The minimum Gasteiger partial charge on any atom is -0.493 e. The fourth-order valence-electron chi connectivity index (χ4n) is 2.83. The Hall–Kier alpha value is -2.73. The molecule has 0 atom stereocenters. The molecule has 0 radical (unpaired) electrons. The number of hydrogen-bond acceptors (Lipinski definition) is 6. The molecule has 13 heteroatoms. The Labute approximate surface area is 178 Å². The minimum absolute atomic E-state index is 0.0618. The normalized spacial score (nSPS) is 12.0. The molecule has 0 saturated carbocycles. The summed E-state index contributed by atoms with van der Waals surface area (Å²) in [6.45, 7) is -0.551. The number of ether oxygens (including phenoxy) is 1. The van der Waals surface area contributed by atoms with E-state index in [0.29, 0.717) is 6.42 Å². The lowest BCUT2D eigenvalue weighted by molar-refractivity contribution is -0.115. The third-order valence-electron chi connectivity index (χ3n) is 4.12. The first kappa shape index (κ1) is 22.9. The molecule has 0 aliphatic rings. The van der Waals surface area contributed by atoms with Crippen LogP contribution in [0, 0.1) is 11.6 Å². The largest absolute Gasteiger partial charge is 0.493 e. The van der Waals surface area contributed by atoms with Crippen molar-refractivity contribution in [2.24, 2.45) is 0 Å². The maximum Gasteiger partial charge on any atom is 0.405 e. The molecule has 0 bridgehead atoms. The lowest BCUT2D eigenvalue weighted by Crippen LogP contribution is -2.23. The van der Waals surface area contributed by atoms with E-state index < -0.39 is 46.5 Å². The topological polar surface area (TPSA) is 67.6 Å². The van der Waals surface area contributed by atoms with E-state index in [1.54, 1.807) is 0 Å². The van der Waals surface area contributed by atoms with Crippen molar-refractivity contribution < 1.29 is 26.7 Å². The van der Waals surface area contributed by atoms with Crippen LogP contribution in [0.15, 0.2) is 18.5 Å². The van der Waals surface area contributed by atoms with Gasteiger partial charge in [-0.1, -0.05) is 11.6 Å². The molecule has 0 saturated heterocycles. The molecule has 1 N–H and O–H groups in total. The van der Waals surface area contributed by atoms with Crippen LogP contribution in [0.2, 0.25) is 5.15 Å². The van der Waals surface area contributed by atoms with Crippen molar-refractivity contribution in [3.63, 3.8) is 0 Å². The summed E-state index contributed by atoms with van der Waals surface area (Å²) < 4.78 is 74.4. The molecule has 0 fully saturated rings. The summed E-state index contributed by atoms with van der Waals surface area (Å²) in [5, 5.41) is 5.41. The molecule has 3 rings (SSSR count). The van der Waals surface area contributed by atoms with Crippen LogP contribution in [0.5, 0.6) is 5.75 Å². The van der Waals surface area contributed by atoms with E-state index in [0.717, 1.165) is 29.5 Å². The Morgan fingerprint density at radius 1 is 1.16 bits per heavy atom. The van der Waals surface area contributed by atoms with E-state index in [1.807, 2.05) is 19.0 Å². The zero-order valence-corrected chi connectivity index (χ0v) is 17.2. The van der Waals surface area contributed by atoms with Crippen molar-refractivity contribution in [1.82, 2.24) is 24.5 Å². The predicted molar refractivity (Wildman–Crippen MR) is 104 cm³/mol. The first-order valence-corrected chi connectivity index (χ1v) is 9.41. The summed E-state index contributed by atoms with van der Waals surface area (Å²) in [4.78, 5) is 9.55. The van der Waals surface area contributed by atoms with Gasteiger partial charge in [-0.3, -0.25) is 0 Å². The summed E-state index contributed by atoms with van der Waals surface area (Å²) in [6.07, 6.45) is -2.96. The van der Waals surface area contributed by atoms with Crippen molar-refractivity contribution in [3.8, 4) is 16.9 Å². The number of benzene rings is 1. The van der Waals surface area contributed by atoms with Crippen LogP contribution in [0.25, 0.3) is 16.9 Å². The van der Waals surface area contributed by atoms with Gasteiger partial charge in [-0.05, 0) is 20.5 Å². The van der Waals surface area contributed by atoms with Crippen molar-refractivity contribution in [2.45, 2.75) is 12.6 Å². The van der Waals surface area contributed by atoms with Crippen LogP contribution >= 0.6 is 11.6 Å². The quantitative estimate of drug-likeness (QED) is 0.308. The molecule has 168 valence electrons. The van der Waals surface area contributed by atoms with Crippen LogP contribution < -0.4 is 10.1 Å². The van der Waals surface area contributed by atoms with Gasteiger partial charge in [0.05, 0.1) is 17.7 Å². The summed E-state index contributed by atoms with van der Waals surface area (Å²) in [7, 11) is 3.75. The van der Waals surface area contributed by atoms with Crippen LogP contribution in [0.1, 0.15) is 6.42 Å². The second kappa shape index (κ2) is 9.18. The fourth-order valence-corrected chi connectivity index (χ4v) is 3.09. The Bertz CT molecular complexity index is 1050. The first-order valence-electron chi connectivity index (χ1n) is 9.03. The van der Waals surface area contributed by atoms with Gasteiger partial charge in [0.2, 0.25) is 0 Å². The zero-order chi connectivity index (χ0) is 22.8. The van der Waals surface area contributed by atoms with Gasteiger partial charge in [0.15, 0.2) is 0 Å². The highest BCUT2D eigenvalue weighted by Gasteiger charge is 2.30. The summed E-state index contributed by atoms with van der Waals surface area (Å²) >= 11 is 6.08. The molecule has 1 aromatic carbocycles. The lowest BCUT2D eigenvalue weighted by atomic mass is 10.1. The van der Waals surface area contributed by atoms with Crippen LogP contribution in [-0.4, -0.2) is 64.4 Å². The molecule has 2 aromatic heterocycles. The van der Waals surface area contributed by atoms with E-state index in [2.05, 4.69) is 20.4 Å². The van der Waals surface area contributed by atoms with Crippen LogP contribution in [-0.2, 0) is 0 Å². The third kappa shape index (κ3) is 5.50. The molecule has 0 unspecified atom stereocenters. The van der Waals surface area contributed by atoms with Crippen LogP contribution in [0.3, 0.4) is 0 Å². The highest BCUT2D eigenvalue weighted by molar-refractivity contribution is 6.33.